The lowest BCUT2D eigenvalue weighted by Gasteiger charge is -2.37. The third kappa shape index (κ3) is 3.56. The second kappa shape index (κ2) is 6.94. The highest BCUT2D eigenvalue weighted by Gasteiger charge is 2.51. The SMILES string of the molecule is CCCNC(CN(CC)c1ccccc1)(C(=O)O)C1CC1. The standard InChI is InChI=1S/C17H26N2O2/c1-3-12-18-17(16(20)21,14-10-11-14)13-19(4-2)15-8-6-5-7-9-15/h5-9,14,18H,3-4,10-13H2,1-2H3,(H,20,21). The first-order valence-electron chi connectivity index (χ1n) is 7.92. The Balaban J connectivity index is 2.22. The van der Waals surface area contributed by atoms with Crippen molar-refractivity contribution in [1.29, 1.82) is 0 Å². The maximum absolute atomic E-state index is 12.0. The number of para-hydroxylation sites is 1. The van der Waals surface area contributed by atoms with Crippen molar-refractivity contribution in [2.75, 3.05) is 24.5 Å². The number of carbonyl (C=O) groups is 1. The average molecular weight is 290 g/mol. The van der Waals surface area contributed by atoms with Gasteiger partial charge in [-0.05, 0) is 50.8 Å². The van der Waals surface area contributed by atoms with Crippen LogP contribution in [0.2, 0.25) is 0 Å². The molecule has 0 aromatic heterocycles. The smallest absolute Gasteiger partial charge is 0.326 e. The van der Waals surface area contributed by atoms with E-state index in [0.717, 1.165) is 38.0 Å². The van der Waals surface area contributed by atoms with E-state index in [0.29, 0.717) is 6.54 Å². The monoisotopic (exact) mass is 290 g/mol. The van der Waals surface area contributed by atoms with Crippen LogP contribution in [-0.2, 0) is 4.79 Å². The van der Waals surface area contributed by atoms with E-state index in [4.69, 9.17) is 0 Å². The van der Waals surface area contributed by atoms with Crippen molar-refractivity contribution in [3.8, 4) is 0 Å². The number of nitrogens with one attached hydrogen (secondary N) is 1. The van der Waals surface area contributed by atoms with Crippen LogP contribution in [0.4, 0.5) is 5.69 Å². The zero-order chi connectivity index (χ0) is 15.3. The molecule has 1 aliphatic rings. The van der Waals surface area contributed by atoms with Crippen LogP contribution in [0.5, 0.6) is 0 Å². The third-order valence-electron chi connectivity index (χ3n) is 4.29. The molecule has 4 heteroatoms. The fourth-order valence-corrected chi connectivity index (χ4v) is 2.90. The molecular formula is C17H26N2O2. The summed E-state index contributed by atoms with van der Waals surface area (Å²) >= 11 is 0. The first-order chi connectivity index (χ1) is 10.1. The summed E-state index contributed by atoms with van der Waals surface area (Å²) in [5.41, 5.74) is 0.270. The van der Waals surface area contributed by atoms with E-state index in [-0.39, 0.29) is 5.92 Å². The van der Waals surface area contributed by atoms with Crippen LogP contribution in [0.15, 0.2) is 30.3 Å². The Kier molecular flexibility index (Phi) is 5.23. The van der Waals surface area contributed by atoms with Gasteiger partial charge in [0.1, 0.15) is 5.54 Å². The lowest BCUT2D eigenvalue weighted by Crippen LogP contribution is -2.61. The van der Waals surface area contributed by atoms with Crippen LogP contribution in [0.3, 0.4) is 0 Å². The molecule has 0 radical (unpaired) electrons. The highest BCUT2D eigenvalue weighted by atomic mass is 16.4. The number of hydrogen-bond donors (Lipinski definition) is 2. The molecule has 116 valence electrons. The Hall–Kier alpha value is -1.55. The van der Waals surface area contributed by atoms with Gasteiger partial charge >= 0.3 is 5.97 Å². The highest BCUT2D eigenvalue weighted by molar-refractivity contribution is 5.81. The largest absolute Gasteiger partial charge is 0.480 e. The predicted octanol–water partition coefficient (Wildman–Crippen LogP) is 2.75. The number of benzene rings is 1. The van der Waals surface area contributed by atoms with Gasteiger partial charge in [0.25, 0.3) is 0 Å². The number of anilines is 1. The molecule has 1 unspecified atom stereocenters. The minimum atomic E-state index is -0.818. The second-order valence-electron chi connectivity index (χ2n) is 5.83. The topological polar surface area (TPSA) is 52.6 Å². The summed E-state index contributed by atoms with van der Waals surface area (Å²) < 4.78 is 0. The summed E-state index contributed by atoms with van der Waals surface area (Å²) in [4.78, 5) is 14.2. The highest BCUT2D eigenvalue weighted by Crippen LogP contribution is 2.41. The number of hydrogen-bond acceptors (Lipinski definition) is 3. The van der Waals surface area contributed by atoms with Crippen LogP contribution >= 0.6 is 0 Å². The van der Waals surface area contributed by atoms with Crippen LogP contribution in [0, 0.1) is 5.92 Å². The van der Waals surface area contributed by atoms with Crippen molar-refractivity contribution in [1.82, 2.24) is 5.32 Å². The number of rotatable bonds is 9. The zero-order valence-electron chi connectivity index (χ0n) is 13.0. The Bertz CT molecular complexity index is 459. The van der Waals surface area contributed by atoms with Crippen molar-refractivity contribution in [3.63, 3.8) is 0 Å². The van der Waals surface area contributed by atoms with E-state index in [1.807, 2.05) is 30.3 Å². The van der Waals surface area contributed by atoms with E-state index in [1.54, 1.807) is 0 Å². The van der Waals surface area contributed by atoms with Crippen molar-refractivity contribution in [2.24, 2.45) is 5.92 Å². The first-order valence-corrected chi connectivity index (χ1v) is 7.92. The first kappa shape index (κ1) is 15.8. The van der Waals surface area contributed by atoms with E-state index < -0.39 is 11.5 Å². The Morgan fingerprint density at radius 2 is 2.00 bits per heavy atom. The summed E-state index contributed by atoms with van der Waals surface area (Å²) in [7, 11) is 0. The van der Waals surface area contributed by atoms with Crippen molar-refractivity contribution >= 4 is 11.7 Å². The van der Waals surface area contributed by atoms with Gasteiger partial charge in [-0.2, -0.15) is 0 Å². The molecule has 0 saturated heterocycles. The summed E-state index contributed by atoms with van der Waals surface area (Å²) in [5, 5.41) is 13.2. The molecule has 1 aromatic carbocycles. The molecule has 1 saturated carbocycles. The normalized spacial score (nSPS) is 17.2. The lowest BCUT2D eigenvalue weighted by atomic mass is 9.91. The van der Waals surface area contributed by atoms with Gasteiger partial charge in [0.05, 0.1) is 0 Å². The van der Waals surface area contributed by atoms with Gasteiger partial charge in [0.15, 0.2) is 0 Å². The maximum atomic E-state index is 12.0. The molecule has 2 N–H and O–H groups in total. The maximum Gasteiger partial charge on any atom is 0.326 e. The Labute approximate surface area is 127 Å². The van der Waals surface area contributed by atoms with Crippen LogP contribution in [-0.4, -0.2) is 36.2 Å². The van der Waals surface area contributed by atoms with Crippen LogP contribution in [0.1, 0.15) is 33.1 Å². The van der Waals surface area contributed by atoms with Gasteiger partial charge in [0.2, 0.25) is 0 Å². The molecule has 0 bridgehead atoms. The Morgan fingerprint density at radius 3 is 2.48 bits per heavy atom. The van der Waals surface area contributed by atoms with E-state index in [2.05, 4.69) is 24.1 Å². The molecular weight excluding hydrogens is 264 g/mol. The fourth-order valence-electron chi connectivity index (χ4n) is 2.90. The number of likely N-dealkylation sites (N-methyl/N-ethyl adjacent to an activating group) is 1. The van der Waals surface area contributed by atoms with Crippen molar-refractivity contribution < 1.29 is 9.90 Å². The molecule has 0 spiro atoms. The van der Waals surface area contributed by atoms with E-state index in [9.17, 15) is 9.90 Å². The molecule has 2 rings (SSSR count). The zero-order valence-corrected chi connectivity index (χ0v) is 13.0. The van der Waals surface area contributed by atoms with Gasteiger partial charge in [-0.1, -0.05) is 25.1 Å². The molecule has 0 aliphatic heterocycles. The number of nitrogens with zero attached hydrogens (tertiary/aromatic N) is 1. The minimum Gasteiger partial charge on any atom is -0.480 e. The second-order valence-corrected chi connectivity index (χ2v) is 5.83. The molecule has 1 aliphatic carbocycles. The van der Waals surface area contributed by atoms with E-state index in [1.165, 1.54) is 0 Å². The quantitative estimate of drug-likeness (QED) is 0.734. The molecule has 0 amide bonds. The molecule has 1 atom stereocenters. The van der Waals surface area contributed by atoms with Crippen molar-refractivity contribution in [2.45, 2.75) is 38.6 Å². The predicted molar refractivity (Wildman–Crippen MR) is 85.7 cm³/mol. The summed E-state index contributed by atoms with van der Waals surface area (Å²) in [6.07, 6.45) is 2.96. The Morgan fingerprint density at radius 1 is 1.33 bits per heavy atom. The molecule has 0 heterocycles. The average Bonchev–Trinajstić information content (AvgIpc) is 3.33. The van der Waals surface area contributed by atoms with Crippen molar-refractivity contribution in [3.05, 3.63) is 30.3 Å². The number of carboxylic acid groups (broad SMARTS) is 1. The van der Waals surface area contributed by atoms with Gasteiger partial charge in [-0.25, -0.2) is 0 Å². The molecule has 21 heavy (non-hydrogen) atoms. The van der Waals surface area contributed by atoms with Gasteiger partial charge in [-0.15, -0.1) is 0 Å². The molecule has 4 nitrogen and oxygen atoms in total. The van der Waals surface area contributed by atoms with Gasteiger partial charge in [-0.3, -0.25) is 4.79 Å². The molecule has 1 aromatic rings. The molecule has 1 fully saturated rings. The van der Waals surface area contributed by atoms with E-state index >= 15 is 0 Å². The number of carboxylic acids is 1. The summed E-state index contributed by atoms with van der Waals surface area (Å²) in [6, 6.07) is 10.1. The van der Waals surface area contributed by atoms with Gasteiger partial charge in [0, 0.05) is 18.8 Å². The van der Waals surface area contributed by atoms with Gasteiger partial charge < -0.3 is 15.3 Å². The third-order valence-corrected chi connectivity index (χ3v) is 4.29. The van der Waals surface area contributed by atoms with Crippen LogP contribution < -0.4 is 10.2 Å². The summed E-state index contributed by atoms with van der Waals surface area (Å²) in [6.45, 7) is 6.22. The van der Waals surface area contributed by atoms with Crippen LogP contribution in [0.25, 0.3) is 0 Å². The number of aliphatic carboxylic acids is 1. The summed E-state index contributed by atoms with van der Waals surface area (Å²) in [5.74, 6) is -0.466. The lowest BCUT2D eigenvalue weighted by molar-refractivity contribution is -0.145. The fraction of sp³-hybridized carbons (Fsp3) is 0.588. The minimum absolute atomic E-state index is 0.249.